The Kier molecular flexibility index (Phi) is 6.23. The van der Waals surface area contributed by atoms with Gasteiger partial charge in [0.1, 0.15) is 11.5 Å². The quantitative estimate of drug-likeness (QED) is 0.306. The van der Waals surface area contributed by atoms with Crippen LogP contribution in [-0.4, -0.2) is 53.0 Å². The summed E-state index contributed by atoms with van der Waals surface area (Å²) in [6.07, 6.45) is 8.14. The largest absolute Gasteiger partial charge is 0.384 e. The number of amides is 1. The molecule has 7 nitrogen and oxygen atoms in total. The third kappa shape index (κ3) is 3.88. The molecule has 1 amide bonds. The maximum atomic E-state index is 14.3. The van der Waals surface area contributed by atoms with Crippen LogP contribution in [0.4, 0.5) is 5.69 Å². The fourth-order valence-corrected chi connectivity index (χ4v) is 8.03. The van der Waals surface area contributed by atoms with E-state index in [4.69, 9.17) is 4.74 Å². The number of epoxide rings is 1. The van der Waals surface area contributed by atoms with Gasteiger partial charge in [-0.3, -0.25) is 14.4 Å². The molecule has 1 saturated carbocycles. The molecule has 6 rings (SSSR count). The Labute approximate surface area is 229 Å². The summed E-state index contributed by atoms with van der Waals surface area (Å²) in [5.41, 5.74) is 1.10. The number of fused-ring (bicyclic) bond motifs is 3. The monoisotopic (exact) mass is 530 g/mol. The molecule has 1 unspecified atom stereocenters. The fourth-order valence-electron chi connectivity index (χ4n) is 8.03. The van der Waals surface area contributed by atoms with E-state index in [9.17, 15) is 19.5 Å². The first-order chi connectivity index (χ1) is 18.6. The summed E-state index contributed by atoms with van der Waals surface area (Å²) in [6, 6.07) is 8.03. The van der Waals surface area contributed by atoms with Crippen molar-refractivity contribution < 1.29 is 24.2 Å². The number of benzene rings is 1. The van der Waals surface area contributed by atoms with Crippen LogP contribution in [-0.2, 0) is 19.1 Å². The molecule has 0 radical (unpaired) electrons. The smallest absolute Gasteiger partial charge is 0.235 e. The molecular formula is C32H38N2O5. The van der Waals surface area contributed by atoms with Crippen molar-refractivity contribution in [2.45, 2.75) is 70.3 Å². The highest BCUT2D eigenvalue weighted by Gasteiger charge is 2.78. The van der Waals surface area contributed by atoms with Crippen LogP contribution in [0.2, 0.25) is 0 Å². The van der Waals surface area contributed by atoms with Crippen molar-refractivity contribution in [1.82, 2.24) is 5.32 Å². The Morgan fingerprint density at radius 1 is 1.13 bits per heavy atom. The van der Waals surface area contributed by atoms with Crippen LogP contribution in [0.5, 0.6) is 0 Å². The number of hydrogen-bond donors (Lipinski definition) is 3. The first kappa shape index (κ1) is 26.2. The lowest BCUT2D eigenvalue weighted by Crippen LogP contribution is -2.57. The SMILES string of the molecule is C/C1=C\[C@@H](C)C/C=C/[C@H]2[C@@H]3O[C@]3(C)[C@@H](C)[C@H]3[C@H](CC4CNc5ccccc54)NC(=O)[C@]32C(=O)/C=C/C(=O)[C@@H]1O. The summed E-state index contributed by atoms with van der Waals surface area (Å²) in [4.78, 5) is 41.2. The lowest BCUT2D eigenvalue weighted by atomic mass is 9.51. The van der Waals surface area contributed by atoms with Gasteiger partial charge in [0.2, 0.25) is 5.91 Å². The van der Waals surface area contributed by atoms with E-state index < -0.39 is 28.8 Å². The first-order valence-corrected chi connectivity index (χ1v) is 14.2. The number of aliphatic hydroxyl groups is 1. The van der Waals surface area contributed by atoms with Crippen molar-refractivity contribution in [2.75, 3.05) is 11.9 Å². The van der Waals surface area contributed by atoms with Crippen molar-refractivity contribution in [1.29, 1.82) is 0 Å². The Morgan fingerprint density at radius 3 is 2.69 bits per heavy atom. The number of ether oxygens (including phenoxy) is 1. The highest BCUT2D eigenvalue weighted by Crippen LogP contribution is 2.66. The number of carbonyl (C=O) groups is 3. The van der Waals surface area contributed by atoms with E-state index in [1.165, 1.54) is 11.6 Å². The first-order valence-electron chi connectivity index (χ1n) is 14.2. The normalized spacial score (nSPS) is 46.0. The van der Waals surface area contributed by atoms with E-state index in [2.05, 4.69) is 36.6 Å². The fraction of sp³-hybridized carbons (Fsp3) is 0.531. The topological polar surface area (TPSA) is 108 Å². The number of allylic oxidation sites excluding steroid dienone is 3. The average Bonchev–Trinajstić information content (AvgIpc) is 3.31. The number of ketones is 2. The number of hydrogen-bond acceptors (Lipinski definition) is 6. The molecule has 2 saturated heterocycles. The third-order valence-corrected chi connectivity index (χ3v) is 10.2. The van der Waals surface area contributed by atoms with Crippen LogP contribution in [0.25, 0.3) is 0 Å². The number of aliphatic hydroxyl groups excluding tert-OH is 1. The summed E-state index contributed by atoms with van der Waals surface area (Å²) in [7, 11) is 0. The molecule has 1 spiro atoms. The summed E-state index contributed by atoms with van der Waals surface area (Å²) < 4.78 is 6.34. The molecule has 2 aliphatic carbocycles. The third-order valence-electron chi connectivity index (χ3n) is 10.2. The Hall–Kier alpha value is -3.03. The van der Waals surface area contributed by atoms with Gasteiger partial charge in [0.05, 0.1) is 11.7 Å². The van der Waals surface area contributed by atoms with Crippen LogP contribution in [0, 0.1) is 29.1 Å². The van der Waals surface area contributed by atoms with Gasteiger partial charge in [0, 0.05) is 36.0 Å². The number of nitrogens with one attached hydrogen (secondary N) is 2. The van der Waals surface area contributed by atoms with Gasteiger partial charge in [-0.25, -0.2) is 0 Å². The van der Waals surface area contributed by atoms with Crippen LogP contribution in [0.3, 0.4) is 0 Å². The maximum absolute atomic E-state index is 14.3. The molecule has 3 aliphatic heterocycles. The van der Waals surface area contributed by atoms with Gasteiger partial charge in [0.25, 0.3) is 0 Å². The number of rotatable bonds is 2. The molecule has 5 aliphatic rings. The summed E-state index contributed by atoms with van der Waals surface area (Å²) in [6.45, 7) is 8.73. The van der Waals surface area contributed by atoms with Crippen molar-refractivity contribution in [3.8, 4) is 0 Å². The second-order valence-corrected chi connectivity index (χ2v) is 12.5. The van der Waals surface area contributed by atoms with E-state index in [0.29, 0.717) is 18.4 Å². The standard InChI is InChI=1S/C32H38N2O5/c1-17-8-7-10-22-29-31(4,39-29)19(3)27-24(15-20-16-33-23-11-6-5-9-21(20)23)34-30(38)32(22,27)26(36)13-12-25(35)28(37)18(2)14-17/h5-7,9-14,17,19-20,22,24,27-29,33,37H,8,15-16H2,1-4H3,(H,34,38)/b10-7+,13-12+,18-14+/t17-,19-,20?,22-,24-,27-,28+,29-,31+,32+/m0/s1. The molecule has 39 heavy (non-hydrogen) atoms. The van der Waals surface area contributed by atoms with Crippen LogP contribution >= 0.6 is 0 Å². The minimum absolute atomic E-state index is 0.0575. The van der Waals surface area contributed by atoms with Crippen molar-refractivity contribution in [2.24, 2.45) is 29.1 Å². The Balaban J connectivity index is 1.43. The second kappa shape index (κ2) is 9.27. The zero-order valence-corrected chi connectivity index (χ0v) is 23.0. The van der Waals surface area contributed by atoms with Crippen LogP contribution in [0.1, 0.15) is 52.0 Å². The molecule has 3 N–H and O–H groups in total. The highest BCUT2D eigenvalue weighted by atomic mass is 16.6. The Morgan fingerprint density at radius 2 is 1.90 bits per heavy atom. The van der Waals surface area contributed by atoms with Crippen molar-refractivity contribution in [3.63, 3.8) is 0 Å². The lowest BCUT2D eigenvalue weighted by molar-refractivity contribution is -0.145. The van der Waals surface area contributed by atoms with E-state index >= 15 is 0 Å². The molecule has 1 aromatic rings. The summed E-state index contributed by atoms with van der Waals surface area (Å²) in [5, 5.41) is 17.3. The number of carbonyl (C=O) groups excluding carboxylic acids is 3. The molecule has 0 aromatic heterocycles. The molecule has 1 aromatic carbocycles. The molecule has 3 heterocycles. The van der Waals surface area contributed by atoms with Crippen molar-refractivity contribution >= 4 is 23.2 Å². The minimum atomic E-state index is -1.38. The lowest BCUT2D eigenvalue weighted by Gasteiger charge is -2.45. The average molecular weight is 531 g/mol. The zero-order chi connectivity index (χ0) is 27.7. The van der Waals surface area contributed by atoms with Gasteiger partial charge >= 0.3 is 0 Å². The van der Waals surface area contributed by atoms with Gasteiger partial charge < -0.3 is 20.5 Å². The van der Waals surface area contributed by atoms with Gasteiger partial charge in [0.15, 0.2) is 11.6 Å². The summed E-state index contributed by atoms with van der Waals surface area (Å²) in [5.74, 6) is -1.75. The number of anilines is 1. The minimum Gasteiger partial charge on any atom is -0.384 e. The van der Waals surface area contributed by atoms with Gasteiger partial charge in [-0.2, -0.15) is 0 Å². The predicted octanol–water partition coefficient (Wildman–Crippen LogP) is 3.71. The molecule has 206 valence electrons. The van der Waals surface area contributed by atoms with Gasteiger partial charge in [-0.1, -0.05) is 50.3 Å². The van der Waals surface area contributed by atoms with Gasteiger partial charge in [-0.15, -0.1) is 0 Å². The second-order valence-electron chi connectivity index (χ2n) is 12.5. The molecular weight excluding hydrogens is 492 g/mol. The van der Waals surface area contributed by atoms with Gasteiger partial charge in [-0.05, 0) is 67.9 Å². The van der Waals surface area contributed by atoms with Crippen LogP contribution < -0.4 is 10.6 Å². The van der Waals surface area contributed by atoms with E-state index in [-0.39, 0.29) is 47.5 Å². The van der Waals surface area contributed by atoms with E-state index in [0.717, 1.165) is 18.3 Å². The molecule has 0 bridgehead atoms. The number of para-hydroxylation sites is 1. The van der Waals surface area contributed by atoms with Crippen LogP contribution in [0.15, 0.2) is 60.2 Å². The summed E-state index contributed by atoms with van der Waals surface area (Å²) >= 11 is 0. The molecule has 10 atom stereocenters. The maximum Gasteiger partial charge on any atom is 0.235 e. The zero-order valence-electron chi connectivity index (χ0n) is 23.0. The Bertz CT molecular complexity index is 1320. The molecule has 7 heteroatoms. The van der Waals surface area contributed by atoms with Crippen molar-refractivity contribution in [3.05, 3.63) is 65.8 Å². The predicted molar refractivity (Wildman–Crippen MR) is 148 cm³/mol. The van der Waals surface area contributed by atoms with E-state index in [1.807, 2.05) is 37.3 Å². The highest BCUT2D eigenvalue weighted by molar-refractivity contribution is 6.15. The van der Waals surface area contributed by atoms with E-state index in [1.54, 1.807) is 6.92 Å². The molecule has 3 fully saturated rings.